The first-order valence-electron chi connectivity index (χ1n) is 6.06. The Balaban J connectivity index is 2.23. The predicted molar refractivity (Wildman–Crippen MR) is 81.8 cm³/mol. The van der Waals surface area contributed by atoms with Crippen LogP contribution in [0, 0.1) is 10.1 Å². The Morgan fingerprint density at radius 3 is 2.48 bits per heavy atom. The zero-order valence-electron chi connectivity index (χ0n) is 11.1. The monoisotopic (exact) mass is 302 g/mol. The Hall–Kier alpha value is -2.53. The first-order valence-corrected chi connectivity index (χ1v) is 6.44. The molecular weight excluding hydrogens is 292 g/mol. The lowest BCUT2D eigenvalue weighted by Gasteiger charge is -1.98. The fraction of sp³-hybridized carbons (Fsp3) is 0.0667. The van der Waals surface area contributed by atoms with Crippen molar-refractivity contribution in [3.05, 3.63) is 68.7 Å². The summed E-state index contributed by atoms with van der Waals surface area (Å²) in [6.07, 6.45) is 1.51. The summed E-state index contributed by atoms with van der Waals surface area (Å²) in [7, 11) is 0. The average molecular weight is 303 g/mol. The maximum atomic E-state index is 11.2. The smallest absolute Gasteiger partial charge is 0.288 e. The molecule has 0 spiro atoms. The first-order chi connectivity index (χ1) is 9.97. The number of Topliss-reactive ketones (excluding diaryl/α,β-unsaturated/α-hetero) is 1. The van der Waals surface area contributed by atoms with E-state index in [-0.39, 0.29) is 16.5 Å². The van der Waals surface area contributed by atoms with Crippen LogP contribution in [0.25, 0.3) is 0 Å². The zero-order chi connectivity index (χ0) is 15.4. The highest BCUT2D eigenvalue weighted by atomic mass is 35.5. The minimum atomic E-state index is -0.540. The number of aliphatic imine (C=N–C) groups is 1. The van der Waals surface area contributed by atoms with Gasteiger partial charge in [-0.05, 0) is 42.8 Å². The Morgan fingerprint density at radius 1 is 1.24 bits per heavy atom. The highest BCUT2D eigenvalue weighted by molar-refractivity contribution is 6.32. The van der Waals surface area contributed by atoms with E-state index in [0.29, 0.717) is 16.8 Å². The molecule has 2 rings (SSSR count). The molecule has 2 aromatic rings. The average Bonchev–Trinajstić information content (AvgIpc) is 2.46. The number of halogens is 1. The summed E-state index contributed by atoms with van der Waals surface area (Å²) in [5.74, 6) is -0.0149. The van der Waals surface area contributed by atoms with Gasteiger partial charge in [0.05, 0.1) is 10.6 Å². The SMILES string of the molecule is CC(=O)c1ccc(N=Cc2ccc(Cl)c([N+](=O)[O-])c2)cc1. The third-order valence-corrected chi connectivity index (χ3v) is 3.12. The molecule has 0 N–H and O–H groups in total. The van der Waals surface area contributed by atoms with Crippen LogP contribution in [0.3, 0.4) is 0 Å². The molecule has 0 amide bonds. The summed E-state index contributed by atoms with van der Waals surface area (Å²) < 4.78 is 0. The molecule has 0 aliphatic rings. The van der Waals surface area contributed by atoms with E-state index < -0.39 is 4.92 Å². The molecule has 0 unspecified atom stereocenters. The van der Waals surface area contributed by atoms with Crippen molar-refractivity contribution in [3.8, 4) is 0 Å². The van der Waals surface area contributed by atoms with Crippen LogP contribution in [0.2, 0.25) is 5.02 Å². The molecule has 2 aromatic carbocycles. The Kier molecular flexibility index (Phi) is 4.45. The van der Waals surface area contributed by atoms with E-state index in [4.69, 9.17) is 11.6 Å². The molecule has 0 radical (unpaired) electrons. The van der Waals surface area contributed by atoms with E-state index in [1.807, 2.05) is 0 Å². The van der Waals surface area contributed by atoms with Crippen LogP contribution in [0.4, 0.5) is 11.4 Å². The molecule has 0 aromatic heterocycles. The van der Waals surface area contributed by atoms with Gasteiger partial charge in [-0.25, -0.2) is 0 Å². The van der Waals surface area contributed by atoms with Crippen LogP contribution in [0.1, 0.15) is 22.8 Å². The van der Waals surface area contributed by atoms with Gasteiger partial charge in [0.1, 0.15) is 5.02 Å². The zero-order valence-corrected chi connectivity index (χ0v) is 11.9. The summed E-state index contributed by atoms with van der Waals surface area (Å²) >= 11 is 5.74. The summed E-state index contributed by atoms with van der Waals surface area (Å²) in [4.78, 5) is 25.6. The molecule has 0 aliphatic carbocycles. The third kappa shape index (κ3) is 3.73. The number of nitrogens with zero attached hydrogens (tertiary/aromatic N) is 2. The number of ketones is 1. The minimum absolute atomic E-state index is 0.0149. The van der Waals surface area contributed by atoms with Crippen LogP contribution in [-0.2, 0) is 0 Å². The second-order valence-electron chi connectivity index (χ2n) is 4.33. The summed E-state index contributed by atoms with van der Waals surface area (Å²) in [6, 6.07) is 11.2. The fourth-order valence-electron chi connectivity index (χ4n) is 1.68. The van der Waals surface area contributed by atoms with Crippen molar-refractivity contribution in [1.29, 1.82) is 0 Å². The number of carbonyl (C=O) groups excluding carboxylic acids is 1. The normalized spacial score (nSPS) is 10.8. The number of benzene rings is 2. The van der Waals surface area contributed by atoms with E-state index in [9.17, 15) is 14.9 Å². The Morgan fingerprint density at radius 2 is 1.90 bits per heavy atom. The topological polar surface area (TPSA) is 72.6 Å². The highest BCUT2D eigenvalue weighted by Gasteiger charge is 2.11. The van der Waals surface area contributed by atoms with Crippen LogP contribution < -0.4 is 0 Å². The number of hydrogen-bond acceptors (Lipinski definition) is 4. The van der Waals surface area contributed by atoms with Gasteiger partial charge in [0.25, 0.3) is 5.69 Å². The number of nitro groups is 1. The number of carbonyl (C=O) groups is 1. The standard InChI is InChI=1S/C15H11ClN2O3/c1-10(19)12-3-5-13(6-4-12)17-9-11-2-7-14(16)15(8-11)18(20)21/h2-9H,1H3. The fourth-order valence-corrected chi connectivity index (χ4v) is 1.87. The van der Waals surface area contributed by atoms with Gasteiger partial charge in [-0.2, -0.15) is 0 Å². The molecule has 0 bridgehead atoms. The Bertz CT molecular complexity index is 724. The highest BCUT2D eigenvalue weighted by Crippen LogP contribution is 2.24. The summed E-state index contributed by atoms with van der Waals surface area (Å²) in [6.45, 7) is 1.49. The molecule has 106 valence electrons. The molecule has 0 atom stereocenters. The van der Waals surface area contributed by atoms with Crippen LogP contribution in [0.15, 0.2) is 47.5 Å². The maximum Gasteiger partial charge on any atom is 0.288 e. The summed E-state index contributed by atoms with van der Waals surface area (Å²) in [5, 5.41) is 10.9. The predicted octanol–water partition coefficient (Wildman–Crippen LogP) is 4.20. The molecule has 5 nitrogen and oxygen atoms in total. The van der Waals surface area contributed by atoms with Crippen molar-refractivity contribution < 1.29 is 9.72 Å². The van der Waals surface area contributed by atoms with Gasteiger partial charge < -0.3 is 0 Å². The minimum Gasteiger partial charge on any atom is -0.295 e. The van der Waals surface area contributed by atoms with E-state index in [2.05, 4.69) is 4.99 Å². The molecular formula is C15H11ClN2O3. The number of rotatable bonds is 4. The van der Waals surface area contributed by atoms with Crippen LogP contribution in [-0.4, -0.2) is 16.9 Å². The largest absolute Gasteiger partial charge is 0.295 e. The molecule has 0 aliphatic heterocycles. The van der Waals surface area contributed by atoms with Crippen LogP contribution in [0.5, 0.6) is 0 Å². The molecule has 0 saturated heterocycles. The van der Waals surface area contributed by atoms with Gasteiger partial charge in [-0.3, -0.25) is 19.9 Å². The summed E-state index contributed by atoms with van der Waals surface area (Å²) in [5.41, 5.74) is 1.67. The first kappa shape index (κ1) is 14.9. The van der Waals surface area contributed by atoms with Gasteiger partial charge >= 0.3 is 0 Å². The molecule has 0 fully saturated rings. The van der Waals surface area contributed by atoms with Gasteiger partial charge in [-0.15, -0.1) is 0 Å². The van der Waals surface area contributed by atoms with Gasteiger partial charge in [0.2, 0.25) is 0 Å². The van der Waals surface area contributed by atoms with Crippen LogP contribution >= 0.6 is 11.6 Å². The maximum absolute atomic E-state index is 11.2. The third-order valence-electron chi connectivity index (χ3n) is 2.80. The molecule has 6 heteroatoms. The quantitative estimate of drug-likeness (QED) is 0.368. The second-order valence-corrected chi connectivity index (χ2v) is 4.74. The van der Waals surface area contributed by atoms with Crippen molar-refractivity contribution in [2.75, 3.05) is 0 Å². The van der Waals surface area contributed by atoms with E-state index >= 15 is 0 Å². The van der Waals surface area contributed by atoms with Crippen molar-refractivity contribution in [1.82, 2.24) is 0 Å². The van der Waals surface area contributed by atoms with Gasteiger partial charge in [0, 0.05) is 17.8 Å². The lowest BCUT2D eigenvalue weighted by atomic mass is 10.1. The Labute approximate surface area is 126 Å². The van der Waals surface area contributed by atoms with Crippen molar-refractivity contribution in [3.63, 3.8) is 0 Å². The number of hydrogen-bond donors (Lipinski definition) is 0. The molecule has 0 heterocycles. The molecule has 21 heavy (non-hydrogen) atoms. The van der Waals surface area contributed by atoms with E-state index in [1.165, 1.54) is 25.3 Å². The molecule has 0 saturated carbocycles. The van der Waals surface area contributed by atoms with E-state index in [0.717, 1.165) is 0 Å². The van der Waals surface area contributed by atoms with Crippen molar-refractivity contribution in [2.24, 2.45) is 4.99 Å². The van der Waals surface area contributed by atoms with Crippen molar-refractivity contribution >= 4 is 35.0 Å². The lowest BCUT2D eigenvalue weighted by molar-refractivity contribution is -0.384. The van der Waals surface area contributed by atoms with Crippen molar-refractivity contribution in [2.45, 2.75) is 6.92 Å². The van der Waals surface area contributed by atoms with Gasteiger partial charge in [-0.1, -0.05) is 17.7 Å². The van der Waals surface area contributed by atoms with E-state index in [1.54, 1.807) is 30.3 Å². The number of nitro benzene ring substituents is 1. The lowest BCUT2D eigenvalue weighted by Crippen LogP contribution is -1.91. The van der Waals surface area contributed by atoms with Gasteiger partial charge in [0.15, 0.2) is 5.78 Å². The second kappa shape index (κ2) is 6.28.